The highest BCUT2D eigenvalue weighted by Crippen LogP contribution is 2.29. The average molecular weight is 406 g/mol. The third-order valence-electron chi connectivity index (χ3n) is 4.69. The van der Waals surface area contributed by atoms with Crippen LogP contribution in [-0.4, -0.2) is 23.1 Å². The van der Waals surface area contributed by atoms with Crippen molar-refractivity contribution >= 4 is 22.0 Å². The molecular weight excluding hydrogens is 385 g/mol. The Bertz CT molecular complexity index is 738. The first kappa shape index (κ1) is 17.9. The van der Waals surface area contributed by atoms with Crippen LogP contribution in [0.25, 0.3) is 0 Å². The molecule has 2 atom stereocenters. The van der Waals surface area contributed by atoms with Gasteiger partial charge >= 0.3 is 6.09 Å². The third-order valence-corrected chi connectivity index (χ3v) is 5.30. The van der Waals surface area contributed by atoms with Crippen molar-refractivity contribution in [3.8, 4) is 0 Å². The summed E-state index contributed by atoms with van der Waals surface area (Å²) in [7, 11) is 0. The Morgan fingerprint density at radius 3 is 2.72 bits per heavy atom. The van der Waals surface area contributed by atoms with E-state index in [9.17, 15) is 9.18 Å². The van der Waals surface area contributed by atoms with Gasteiger partial charge in [-0.25, -0.2) is 9.18 Å². The van der Waals surface area contributed by atoms with Gasteiger partial charge in [0, 0.05) is 12.1 Å². The van der Waals surface area contributed by atoms with E-state index in [1.54, 1.807) is 17.0 Å². The minimum Gasteiger partial charge on any atom is -0.445 e. The van der Waals surface area contributed by atoms with Crippen LogP contribution in [0.2, 0.25) is 0 Å². The summed E-state index contributed by atoms with van der Waals surface area (Å²) in [4.78, 5) is 14.3. The molecule has 132 valence electrons. The fourth-order valence-corrected chi connectivity index (χ4v) is 3.76. The van der Waals surface area contributed by atoms with Crippen LogP contribution in [0, 0.1) is 5.82 Å². The molecular formula is C20H21BrFNO2. The zero-order valence-electron chi connectivity index (χ0n) is 14.1. The van der Waals surface area contributed by atoms with E-state index in [-0.39, 0.29) is 30.6 Å². The molecule has 1 aliphatic rings. The predicted octanol–water partition coefficient (Wildman–Crippen LogP) is 5.32. The van der Waals surface area contributed by atoms with Crippen LogP contribution in [0.15, 0.2) is 53.0 Å². The van der Waals surface area contributed by atoms with Gasteiger partial charge in [0.05, 0.1) is 4.47 Å². The molecule has 0 aliphatic carbocycles. The number of amides is 1. The molecule has 2 aromatic rings. The van der Waals surface area contributed by atoms with Crippen molar-refractivity contribution in [3.63, 3.8) is 0 Å². The molecule has 1 aliphatic heterocycles. The molecule has 0 bridgehead atoms. The van der Waals surface area contributed by atoms with Crippen molar-refractivity contribution in [1.29, 1.82) is 0 Å². The first-order valence-electron chi connectivity index (χ1n) is 8.48. The van der Waals surface area contributed by atoms with Crippen molar-refractivity contribution in [3.05, 3.63) is 69.9 Å². The second-order valence-electron chi connectivity index (χ2n) is 6.44. The number of ether oxygens (including phenoxy) is 1. The van der Waals surface area contributed by atoms with E-state index in [0.717, 1.165) is 18.4 Å². The summed E-state index contributed by atoms with van der Waals surface area (Å²) in [6.45, 7) is 2.27. The maximum atomic E-state index is 14.3. The van der Waals surface area contributed by atoms with Crippen molar-refractivity contribution in [2.75, 3.05) is 0 Å². The number of likely N-dealkylation sites (tertiary alicyclic amines) is 1. The van der Waals surface area contributed by atoms with Gasteiger partial charge in [-0.3, -0.25) is 0 Å². The molecule has 0 saturated carbocycles. The molecule has 1 unspecified atom stereocenters. The second kappa shape index (κ2) is 8.00. The number of carbonyl (C=O) groups excluding carboxylic acids is 1. The highest BCUT2D eigenvalue weighted by Gasteiger charge is 2.35. The maximum Gasteiger partial charge on any atom is 0.410 e. The Morgan fingerprint density at radius 1 is 1.20 bits per heavy atom. The van der Waals surface area contributed by atoms with Crippen LogP contribution in [0.5, 0.6) is 0 Å². The molecule has 1 heterocycles. The molecule has 1 fully saturated rings. The summed E-state index contributed by atoms with van der Waals surface area (Å²) in [6, 6.07) is 14.9. The molecule has 1 amide bonds. The van der Waals surface area contributed by atoms with E-state index in [4.69, 9.17) is 4.74 Å². The lowest BCUT2D eigenvalue weighted by Crippen LogP contribution is -2.41. The minimum atomic E-state index is -0.325. The smallest absolute Gasteiger partial charge is 0.410 e. The van der Waals surface area contributed by atoms with Gasteiger partial charge in [0.2, 0.25) is 0 Å². The van der Waals surface area contributed by atoms with E-state index in [1.807, 2.05) is 43.3 Å². The highest BCUT2D eigenvalue weighted by atomic mass is 79.9. The highest BCUT2D eigenvalue weighted by molar-refractivity contribution is 9.10. The number of carbonyl (C=O) groups is 1. The minimum absolute atomic E-state index is 0.0397. The Labute approximate surface area is 155 Å². The van der Waals surface area contributed by atoms with Gasteiger partial charge in [0.25, 0.3) is 0 Å². The number of hydrogen-bond donors (Lipinski definition) is 0. The molecule has 3 rings (SSSR count). The topological polar surface area (TPSA) is 29.5 Å². The quantitative estimate of drug-likeness (QED) is 0.688. The largest absolute Gasteiger partial charge is 0.445 e. The molecule has 1 saturated heterocycles. The molecule has 5 heteroatoms. The second-order valence-corrected chi connectivity index (χ2v) is 7.30. The Kier molecular flexibility index (Phi) is 5.74. The molecule has 0 radical (unpaired) electrons. The van der Waals surface area contributed by atoms with E-state index in [0.29, 0.717) is 16.5 Å². The number of rotatable bonds is 4. The summed E-state index contributed by atoms with van der Waals surface area (Å²) in [5.74, 6) is -0.250. The van der Waals surface area contributed by atoms with Crippen molar-refractivity contribution in [2.24, 2.45) is 0 Å². The van der Waals surface area contributed by atoms with Crippen LogP contribution in [-0.2, 0) is 17.8 Å². The summed E-state index contributed by atoms with van der Waals surface area (Å²) < 4.78 is 20.2. The molecule has 3 nitrogen and oxygen atoms in total. The van der Waals surface area contributed by atoms with Gasteiger partial charge in [-0.15, -0.1) is 0 Å². The fourth-order valence-electron chi connectivity index (χ4n) is 3.35. The average Bonchev–Trinajstić information content (AvgIpc) is 2.98. The first-order valence-corrected chi connectivity index (χ1v) is 9.27. The van der Waals surface area contributed by atoms with E-state index >= 15 is 0 Å². The van der Waals surface area contributed by atoms with Gasteiger partial charge in [-0.2, -0.15) is 0 Å². The first-order chi connectivity index (χ1) is 12.1. The van der Waals surface area contributed by atoms with Gasteiger partial charge in [0.1, 0.15) is 12.4 Å². The fraction of sp³-hybridized carbons (Fsp3) is 0.350. The van der Waals surface area contributed by atoms with E-state index < -0.39 is 0 Å². The molecule has 0 spiro atoms. The van der Waals surface area contributed by atoms with Crippen LogP contribution in [0.4, 0.5) is 9.18 Å². The zero-order valence-corrected chi connectivity index (χ0v) is 15.7. The summed E-state index contributed by atoms with van der Waals surface area (Å²) in [6.07, 6.45) is 1.93. The Morgan fingerprint density at radius 2 is 1.96 bits per heavy atom. The number of nitrogens with zero attached hydrogens (tertiary/aromatic N) is 1. The van der Waals surface area contributed by atoms with Crippen molar-refractivity contribution in [2.45, 2.75) is 44.9 Å². The van der Waals surface area contributed by atoms with E-state index in [2.05, 4.69) is 15.9 Å². The van der Waals surface area contributed by atoms with Crippen LogP contribution < -0.4 is 0 Å². The number of hydrogen-bond acceptors (Lipinski definition) is 2. The van der Waals surface area contributed by atoms with Gasteiger partial charge in [-0.1, -0.05) is 42.5 Å². The van der Waals surface area contributed by atoms with Gasteiger partial charge in [0.15, 0.2) is 0 Å². The normalized spacial score (nSPS) is 19.9. The molecule has 0 aromatic heterocycles. The van der Waals surface area contributed by atoms with Crippen molar-refractivity contribution in [1.82, 2.24) is 4.90 Å². The summed E-state index contributed by atoms with van der Waals surface area (Å²) in [5.41, 5.74) is 1.58. The van der Waals surface area contributed by atoms with E-state index in [1.165, 1.54) is 0 Å². The SMILES string of the molecule is C[C@@H]1CCC(Cc2cccc(Br)c2F)N1C(=O)OCc1ccccc1. The van der Waals surface area contributed by atoms with Gasteiger partial charge < -0.3 is 9.64 Å². The van der Waals surface area contributed by atoms with Crippen LogP contribution in [0.3, 0.4) is 0 Å². The molecule has 0 N–H and O–H groups in total. The maximum absolute atomic E-state index is 14.3. The van der Waals surface area contributed by atoms with Crippen LogP contribution >= 0.6 is 15.9 Å². The van der Waals surface area contributed by atoms with Gasteiger partial charge in [-0.05, 0) is 59.3 Å². The molecule has 25 heavy (non-hydrogen) atoms. The van der Waals surface area contributed by atoms with Crippen LogP contribution in [0.1, 0.15) is 30.9 Å². The number of benzene rings is 2. The summed E-state index contributed by atoms with van der Waals surface area (Å²) in [5, 5.41) is 0. The number of halogens is 2. The zero-order chi connectivity index (χ0) is 17.8. The Balaban J connectivity index is 1.67. The standard InChI is InChI=1S/C20H21BrFNO2/c1-14-10-11-17(12-16-8-5-9-18(21)19(16)22)23(14)20(24)25-13-15-6-3-2-4-7-15/h2-9,14,17H,10-13H2,1H3/t14-,17?/m1/s1. The third kappa shape index (κ3) is 4.21. The van der Waals surface area contributed by atoms with Crippen molar-refractivity contribution < 1.29 is 13.9 Å². The lowest BCUT2D eigenvalue weighted by Gasteiger charge is -2.28. The molecule has 2 aromatic carbocycles. The predicted molar refractivity (Wildman–Crippen MR) is 98.8 cm³/mol. The Hall–Kier alpha value is -1.88. The summed E-state index contributed by atoms with van der Waals surface area (Å²) >= 11 is 3.22. The lowest BCUT2D eigenvalue weighted by atomic mass is 10.0. The monoisotopic (exact) mass is 405 g/mol. The lowest BCUT2D eigenvalue weighted by molar-refractivity contribution is 0.0806.